The number of aromatic hydroxyl groups is 1. The third kappa shape index (κ3) is 10.9. The Morgan fingerprint density at radius 2 is 1.44 bits per heavy atom. The quantitative estimate of drug-likeness (QED) is 0.116. The third-order valence-corrected chi connectivity index (χ3v) is 5.72. The summed E-state index contributed by atoms with van der Waals surface area (Å²) in [4.78, 5) is 60.9. The van der Waals surface area contributed by atoms with Crippen molar-refractivity contribution in [2.45, 2.75) is 49.9 Å². The fraction of sp³-hybridized carbons (Fsp3) is 0.500. The molecule has 4 unspecified atom stereocenters. The molecule has 1 aromatic rings. The van der Waals surface area contributed by atoms with Crippen LogP contribution in [-0.2, 0) is 30.4 Å². The second kappa shape index (κ2) is 15.6. The number of thioether (sulfide) groups is 1. The van der Waals surface area contributed by atoms with Crippen molar-refractivity contribution in [3.05, 3.63) is 29.8 Å². The number of hydrogen-bond acceptors (Lipinski definition) is 9. The van der Waals surface area contributed by atoms with Crippen molar-refractivity contribution >= 4 is 41.4 Å². The summed E-state index contributed by atoms with van der Waals surface area (Å²) in [6.07, 6.45) is 1.44. The summed E-state index contributed by atoms with van der Waals surface area (Å²) < 4.78 is 0. The van der Waals surface area contributed by atoms with Gasteiger partial charge in [-0.3, -0.25) is 19.2 Å². The molecule has 0 aliphatic carbocycles. The van der Waals surface area contributed by atoms with Crippen molar-refractivity contribution in [1.82, 2.24) is 16.0 Å². The van der Waals surface area contributed by atoms with Crippen LogP contribution in [0, 0.1) is 0 Å². The minimum atomic E-state index is -1.32. The molecule has 0 saturated heterocycles. The number of aliphatic hydroxyl groups is 1. The number of nitrogens with two attached hydrogens (primary N) is 2. The molecule has 0 aromatic heterocycles. The van der Waals surface area contributed by atoms with Gasteiger partial charge in [0.2, 0.25) is 23.6 Å². The van der Waals surface area contributed by atoms with E-state index in [0.717, 1.165) is 0 Å². The van der Waals surface area contributed by atoms with Gasteiger partial charge >= 0.3 is 5.97 Å². The van der Waals surface area contributed by atoms with Crippen molar-refractivity contribution in [3.63, 3.8) is 0 Å². The third-order valence-electron chi connectivity index (χ3n) is 5.08. The van der Waals surface area contributed by atoms with Crippen LogP contribution in [0.15, 0.2) is 24.3 Å². The maximum atomic E-state index is 13.0. The average Bonchev–Trinajstić information content (AvgIpc) is 2.83. The predicted molar refractivity (Wildman–Crippen MR) is 132 cm³/mol. The van der Waals surface area contributed by atoms with Crippen LogP contribution < -0.4 is 27.4 Å². The number of carbonyl (C=O) groups is 5. The van der Waals surface area contributed by atoms with Crippen LogP contribution in [-0.4, -0.2) is 87.7 Å². The van der Waals surface area contributed by atoms with Crippen LogP contribution in [0.5, 0.6) is 5.75 Å². The lowest BCUT2D eigenvalue weighted by atomic mass is 10.0. The molecule has 200 valence electrons. The summed E-state index contributed by atoms with van der Waals surface area (Å²) in [6.45, 7) is -0.674. The number of amides is 4. The first-order valence-electron chi connectivity index (χ1n) is 11.0. The molecule has 0 bridgehead atoms. The number of aliphatic hydroxyl groups excluding tert-OH is 1. The highest BCUT2D eigenvalue weighted by Gasteiger charge is 2.30. The molecule has 0 spiro atoms. The van der Waals surface area contributed by atoms with Crippen LogP contribution >= 0.6 is 11.8 Å². The molecule has 0 saturated carbocycles. The second-order valence-electron chi connectivity index (χ2n) is 7.97. The van der Waals surface area contributed by atoms with Crippen molar-refractivity contribution in [3.8, 4) is 5.75 Å². The lowest BCUT2D eigenvalue weighted by molar-refractivity contribution is -0.142. The van der Waals surface area contributed by atoms with Crippen molar-refractivity contribution in [1.29, 1.82) is 0 Å². The molecule has 1 rings (SSSR count). The van der Waals surface area contributed by atoms with E-state index in [-0.39, 0.29) is 31.4 Å². The standard InChI is InChI=1S/C22H33N5O8S/c1-36-9-8-16(21(33)27-17(22(34)35)10-12-2-4-13(29)5-3-12)26-20(32)15(6-7-18(24)30)25-19(31)14(23)11-28/h2-5,14-17,28-29H,6-11,23H2,1H3,(H2,24,30)(H,25,31)(H,26,32)(H,27,33)(H,34,35). The highest BCUT2D eigenvalue weighted by molar-refractivity contribution is 7.98. The predicted octanol–water partition coefficient (Wildman–Crippen LogP) is -2.19. The van der Waals surface area contributed by atoms with Crippen LogP contribution in [0.2, 0.25) is 0 Å². The van der Waals surface area contributed by atoms with Gasteiger partial charge in [0, 0.05) is 12.8 Å². The Morgan fingerprint density at radius 1 is 0.917 bits per heavy atom. The molecule has 0 fully saturated rings. The van der Waals surface area contributed by atoms with Gasteiger partial charge in [-0.2, -0.15) is 11.8 Å². The van der Waals surface area contributed by atoms with E-state index in [1.165, 1.54) is 36.0 Å². The summed E-state index contributed by atoms with van der Waals surface area (Å²) in [6, 6.07) is 0.776. The molecule has 0 aliphatic rings. The molecule has 0 heterocycles. The Balaban J connectivity index is 3.00. The van der Waals surface area contributed by atoms with Crippen LogP contribution in [0.1, 0.15) is 24.8 Å². The number of phenols is 1. The van der Waals surface area contributed by atoms with Crippen molar-refractivity contribution in [2.24, 2.45) is 11.5 Å². The van der Waals surface area contributed by atoms with Gasteiger partial charge in [0.05, 0.1) is 6.61 Å². The minimum absolute atomic E-state index is 0.00688. The number of carboxylic acid groups (broad SMARTS) is 1. The molecule has 10 N–H and O–H groups in total. The summed E-state index contributed by atoms with van der Waals surface area (Å²) >= 11 is 1.40. The van der Waals surface area contributed by atoms with Gasteiger partial charge in [0.25, 0.3) is 0 Å². The Morgan fingerprint density at radius 3 is 1.94 bits per heavy atom. The summed E-state index contributed by atoms with van der Waals surface area (Å²) in [5.74, 6) is -3.96. The average molecular weight is 528 g/mol. The largest absolute Gasteiger partial charge is 0.508 e. The zero-order valence-electron chi connectivity index (χ0n) is 19.8. The first kappa shape index (κ1) is 30.7. The lowest BCUT2D eigenvalue weighted by Crippen LogP contribution is -2.57. The van der Waals surface area contributed by atoms with E-state index >= 15 is 0 Å². The number of nitrogens with one attached hydrogen (secondary N) is 3. The minimum Gasteiger partial charge on any atom is -0.508 e. The number of carboxylic acids is 1. The van der Waals surface area contributed by atoms with Gasteiger partial charge in [-0.15, -0.1) is 0 Å². The number of carbonyl (C=O) groups excluding carboxylic acids is 4. The molecule has 0 aliphatic heterocycles. The Labute approximate surface area is 212 Å². The van der Waals surface area contributed by atoms with E-state index in [2.05, 4.69) is 16.0 Å². The van der Waals surface area contributed by atoms with Crippen molar-refractivity contribution < 1.29 is 39.3 Å². The molecular formula is C22H33N5O8S. The SMILES string of the molecule is CSCCC(NC(=O)C(CCC(N)=O)NC(=O)C(N)CO)C(=O)NC(Cc1ccc(O)cc1)C(=O)O. The number of aliphatic carboxylic acids is 1. The number of primary amides is 1. The van der Waals surface area contributed by atoms with Gasteiger partial charge in [-0.1, -0.05) is 12.1 Å². The van der Waals surface area contributed by atoms with E-state index in [1.54, 1.807) is 6.26 Å². The molecule has 14 heteroatoms. The first-order valence-corrected chi connectivity index (χ1v) is 12.4. The molecule has 13 nitrogen and oxygen atoms in total. The number of hydrogen-bond donors (Lipinski definition) is 8. The molecule has 0 radical (unpaired) electrons. The smallest absolute Gasteiger partial charge is 0.326 e. The van der Waals surface area contributed by atoms with Crippen molar-refractivity contribution in [2.75, 3.05) is 18.6 Å². The summed E-state index contributed by atoms with van der Waals surface area (Å²) in [7, 11) is 0. The maximum absolute atomic E-state index is 13.0. The van der Waals surface area contributed by atoms with E-state index in [4.69, 9.17) is 16.6 Å². The van der Waals surface area contributed by atoms with E-state index in [0.29, 0.717) is 11.3 Å². The van der Waals surface area contributed by atoms with E-state index < -0.39 is 60.4 Å². The topological polar surface area (TPSA) is 234 Å². The van der Waals surface area contributed by atoms with Crippen LogP contribution in [0.3, 0.4) is 0 Å². The number of benzene rings is 1. The van der Waals surface area contributed by atoms with Gasteiger partial charge < -0.3 is 42.7 Å². The van der Waals surface area contributed by atoms with Gasteiger partial charge in [-0.05, 0) is 42.5 Å². The second-order valence-corrected chi connectivity index (χ2v) is 8.95. The van der Waals surface area contributed by atoms with Gasteiger partial charge in [0.1, 0.15) is 29.9 Å². The normalized spacial score (nSPS) is 14.1. The fourth-order valence-electron chi connectivity index (χ4n) is 3.03. The highest BCUT2D eigenvalue weighted by atomic mass is 32.2. The zero-order chi connectivity index (χ0) is 27.3. The fourth-order valence-corrected chi connectivity index (χ4v) is 3.51. The molecule has 36 heavy (non-hydrogen) atoms. The molecule has 4 amide bonds. The van der Waals surface area contributed by atoms with Crippen LogP contribution in [0.25, 0.3) is 0 Å². The summed E-state index contributed by atoms with van der Waals surface area (Å²) in [5.41, 5.74) is 11.2. The number of phenolic OH excluding ortho intramolecular Hbond substituents is 1. The highest BCUT2D eigenvalue weighted by Crippen LogP contribution is 2.12. The monoisotopic (exact) mass is 527 g/mol. The van der Waals surface area contributed by atoms with Gasteiger partial charge in [-0.25, -0.2) is 4.79 Å². The van der Waals surface area contributed by atoms with Crippen LogP contribution in [0.4, 0.5) is 0 Å². The Hall–Kier alpha value is -3.36. The maximum Gasteiger partial charge on any atom is 0.326 e. The summed E-state index contributed by atoms with van der Waals surface area (Å²) in [5, 5.41) is 35.3. The van der Waals surface area contributed by atoms with E-state index in [9.17, 15) is 34.2 Å². The Kier molecular flexibility index (Phi) is 13.3. The van der Waals surface area contributed by atoms with E-state index in [1.807, 2.05) is 0 Å². The first-order chi connectivity index (χ1) is 17.0. The molecular weight excluding hydrogens is 494 g/mol. The zero-order valence-corrected chi connectivity index (χ0v) is 20.6. The molecule has 1 aromatic carbocycles. The molecule has 4 atom stereocenters. The number of rotatable bonds is 16. The lowest BCUT2D eigenvalue weighted by Gasteiger charge is -2.25. The van der Waals surface area contributed by atoms with Gasteiger partial charge in [0.15, 0.2) is 0 Å². The Bertz CT molecular complexity index is 914.